The quantitative estimate of drug-likeness (QED) is 0.766. The average molecular weight is 211 g/mol. The summed E-state index contributed by atoms with van der Waals surface area (Å²) in [5.74, 6) is 0.702. The molecule has 0 fully saturated rings. The van der Waals surface area contributed by atoms with Crippen molar-refractivity contribution >= 4 is 11.3 Å². The van der Waals surface area contributed by atoms with Gasteiger partial charge in [-0.25, -0.2) is 0 Å². The van der Waals surface area contributed by atoms with Gasteiger partial charge >= 0.3 is 0 Å². The van der Waals surface area contributed by atoms with Gasteiger partial charge in [-0.15, -0.1) is 0 Å². The fourth-order valence-electron chi connectivity index (χ4n) is 1.90. The molecule has 14 heavy (non-hydrogen) atoms. The van der Waals surface area contributed by atoms with Crippen LogP contribution in [0, 0.1) is 5.92 Å². The van der Waals surface area contributed by atoms with Crippen LogP contribution in [0.4, 0.5) is 0 Å². The van der Waals surface area contributed by atoms with Crippen LogP contribution in [0.15, 0.2) is 16.8 Å². The zero-order chi connectivity index (χ0) is 10.4. The Bertz CT molecular complexity index is 226. The Labute approximate surface area is 91.3 Å². The molecule has 0 amide bonds. The molecule has 0 aromatic carbocycles. The van der Waals surface area contributed by atoms with Crippen molar-refractivity contribution in [3.05, 3.63) is 22.4 Å². The van der Waals surface area contributed by atoms with Gasteiger partial charge in [-0.2, -0.15) is 11.3 Å². The lowest BCUT2D eigenvalue weighted by Crippen LogP contribution is -2.29. The van der Waals surface area contributed by atoms with E-state index in [0.717, 1.165) is 12.8 Å². The highest BCUT2D eigenvalue weighted by Gasteiger charge is 2.13. The average Bonchev–Trinajstić information content (AvgIpc) is 2.69. The molecule has 1 nitrogen and oxygen atoms in total. The highest BCUT2D eigenvalue weighted by Crippen LogP contribution is 2.17. The van der Waals surface area contributed by atoms with E-state index in [1.54, 1.807) is 11.3 Å². The normalized spacial score (nSPS) is 13.4. The van der Waals surface area contributed by atoms with Gasteiger partial charge in [-0.05, 0) is 41.1 Å². The minimum absolute atomic E-state index is 0.380. The lowest BCUT2D eigenvalue weighted by Gasteiger charge is -2.20. The van der Waals surface area contributed by atoms with Gasteiger partial charge in [0.15, 0.2) is 0 Å². The molecule has 2 heteroatoms. The molecule has 1 aromatic rings. The summed E-state index contributed by atoms with van der Waals surface area (Å²) in [6, 6.07) is 2.58. The maximum atomic E-state index is 6.16. The topological polar surface area (TPSA) is 26.0 Å². The van der Waals surface area contributed by atoms with Crippen LogP contribution in [0.1, 0.15) is 38.7 Å². The van der Waals surface area contributed by atoms with E-state index in [2.05, 4.69) is 30.7 Å². The predicted octanol–water partition coefficient (Wildman–Crippen LogP) is 3.44. The number of hydrogen-bond donors (Lipinski definition) is 1. The Hall–Kier alpha value is -0.340. The summed E-state index contributed by atoms with van der Waals surface area (Å²) in [4.78, 5) is 0. The second-order valence-corrected chi connectivity index (χ2v) is 4.69. The molecular weight excluding hydrogens is 190 g/mol. The van der Waals surface area contributed by atoms with E-state index in [0.29, 0.717) is 12.0 Å². The van der Waals surface area contributed by atoms with Crippen LogP contribution >= 0.6 is 11.3 Å². The van der Waals surface area contributed by atoms with E-state index < -0.39 is 0 Å². The van der Waals surface area contributed by atoms with Crippen LogP contribution in [0.25, 0.3) is 0 Å². The molecule has 0 aliphatic heterocycles. The number of thiophene rings is 1. The Morgan fingerprint density at radius 2 is 2.07 bits per heavy atom. The SMILES string of the molecule is CCC(CC)C(N)CCc1ccsc1. The Morgan fingerprint density at radius 3 is 2.57 bits per heavy atom. The first kappa shape index (κ1) is 11.7. The highest BCUT2D eigenvalue weighted by molar-refractivity contribution is 7.07. The van der Waals surface area contributed by atoms with Crippen LogP contribution in [0.3, 0.4) is 0 Å². The molecule has 0 saturated heterocycles. The molecule has 80 valence electrons. The molecule has 1 unspecified atom stereocenters. The second-order valence-electron chi connectivity index (χ2n) is 3.91. The van der Waals surface area contributed by atoms with Gasteiger partial charge in [-0.1, -0.05) is 26.7 Å². The van der Waals surface area contributed by atoms with Gasteiger partial charge in [0.25, 0.3) is 0 Å². The van der Waals surface area contributed by atoms with Gasteiger partial charge in [0.1, 0.15) is 0 Å². The molecule has 2 N–H and O–H groups in total. The van der Waals surface area contributed by atoms with Crippen molar-refractivity contribution < 1.29 is 0 Å². The smallest absolute Gasteiger partial charge is 0.00701 e. The van der Waals surface area contributed by atoms with Gasteiger partial charge in [0, 0.05) is 6.04 Å². The van der Waals surface area contributed by atoms with Crippen molar-refractivity contribution in [2.45, 2.75) is 45.6 Å². The Morgan fingerprint density at radius 1 is 1.36 bits per heavy atom. The highest BCUT2D eigenvalue weighted by atomic mass is 32.1. The third-order valence-corrected chi connectivity index (χ3v) is 3.73. The number of nitrogens with two attached hydrogens (primary N) is 1. The summed E-state index contributed by atoms with van der Waals surface area (Å²) in [6.07, 6.45) is 4.69. The summed E-state index contributed by atoms with van der Waals surface area (Å²) in [7, 11) is 0. The van der Waals surface area contributed by atoms with Crippen molar-refractivity contribution in [2.24, 2.45) is 11.7 Å². The summed E-state index contributed by atoms with van der Waals surface area (Å²) in [6.45, 7) is 4.47. The molecule has 0 spiro atoms. The number of rotatable bonds is 6. The standard InChI is InChI=1S/C12H21NS/c1-3-11(4-2)12(13)6-5-10-7-8-14-9-10/h7-9,11-12H,3-6,13H2,1-2H3. The third-order valence-electron chi connectivity index (χ3n) is 3.00. The van der Waals surface area contributed by atoms with Crippen LogP contribution < -0.4 is 5.73 Å². The maximum Gasteiger partial charge on any atom is 0.00701 e. The van der Waals surface area contributed by atoms with Gasteiger partial charge in [0.2, 0.25) is 0 Å². The zero-order valence-electron chi connectivity index (χ0n) is 9.20. The van der Waals surface area contributed by atoms with Crippen molar-refractivity contribution in [2.75, 3.05) is 0 Å². The van der Waals surface area contributed by atoms with Gasteiger partial charge in [0.05, 0.1) is 0 Å². The van der Waals surface area contributed by atoms with Crippen molar-refractivity contribution in [3.8, 4) is 0 Å². The lowest BCUT2D eigenvalue weighted by atomic mass is 9.91. The van der Waals surface area contributed by atoms with E-state index in [4.69, 9.17) is 5.73 Å². The van der Waals surface area contributed by atoms with Crippen molar-refractivity contribution in [1.82, 2.24) is 0 Å². The summed E-state index contributed by atoms with van der Waals surface area (Å²) in [5, 5.41) is 4.36. The second kappa shape index (κ2) is 6.20. The van der Waals surface area contributed by atoms with E-state index in [9.17, 15) is 0 Å². The zero-order valence-corrected chi connectivity index (χ0v) is 10.0. The molecule has 1 atom stereocenters. The molecule has 0 bridgehead atoms. The predicted molar refractivity (Wildman–Crippen MR) is 64.7 cm³/mol. The van der Waals surface area contributed by atoms with Crippen molar-refractivity contribution in [1.29, 1.82) is 0 Å². The molecular formula is C12H21NS. The molecule has 0 radical (unpaired) electrons. The first-order valence-electron chi connectivity index (χ1n) is 5.54. The number of aryl methyl sites for hydroxylation is 1. The fourth-order valence-corrected chi connectivity index (χ4v) is 2.60. The summed E-state index contributed by atoms with van der Waals surface area (Å²) >= 11 is 1.77. The van der Waals surface area contributed by atoms with E-state index >= 15 is 0 Å². The molecule has 1 aromatic heterocycles. The van der Waals surface area contributed by atoms with Crippen LogP contribution in [-0.2, 0) is 6.42 Å². The van der Waals surface area contributed by atoms with Gasteiger partial charge < -0.3 is 5.73 Å². The molecule has 0 aliphatic rings. The molecule has 0 aliphatic carbocycles. The van der Waals surface area contributed by atoms with E-state index in [1.165, 1.54) is 18.4 Å². The molecule has 0 saturated carbocycles. The number of hydrogen-bond acceptors (Lipinski definition) is 2. The minimum Gasteiger partial charge on any atom is -0.327 e. The Balaban J connectivity index is 2.30. The monoisotopic (exact) mass is 211 g/mol. The minimum atomic E-state index is 0.380. The summed E-state index contributed by atoms with van der Waals surface area (Å²) in [5.41, 5.74) is 7.60. The van der Waals surface area contributed by atoms with Crippen molar-refractivity contribution in [3.63, 3.8) is 0 Å². The maximum absolute atomic E-state index is 6.16. The first-order chi connectivity index (χ1) is 6.77. The fraction of sp³-hybridized carbons (Fsp3) is 0.667. The van der Waals surface area contributed by atoms with Crippen LogP contribution in [0.5, 0.6) is 0 Å². The first-order valence-corrected chi connectivity index (χ1v) is 6.48. The molecule has 1 rings (SSSR count). The van der Waals surface area contributed by atoms with Crippen LogP contribution in [0.2, 0.25) is 0 Å². The van der Waals surface area contributed by atoms with Gasteiger partial charge in [-0.3, -0.25) is 0 Å². The van der Waals surface area contributed by atoms with E-state index in [1.807, 2.05) is 0 Å². The largest absolute Gasteiger partial charge is 0.327 e. The summed E-state index contributed by atoms with van der Waals surface area (Å²) < 4.78 is 0. The third kappa shape index (κ3) is 3.43. The van der Waals surface area contributed by atoms with Crippen LogP contribution in [-0.4, -0.2) is 6.04 Å². The molecule has 1 heterocycles. The lowest BCUT2D eigenvalue weighted by molar-refractivity contribution is 0.378. The Kier molecular flexibility index (Phi) is 5.20. The van der Waals surface area contributed by atoms with E-state index in [-0.39, 0.29) is 0 Å².